The molecule has 69 heavy (non-hydrogen) atoms. The summed E-state index contributed by atoms with van der Waals surface area (Å²) < 4.78 is 2.57. The highest BCUT2D eigenvalue weighted by molar-refractivity contribution is 7.26. The molecule has 0 amide bonds. The summed E-state index contributed by atoms with van der Waals surface area (Å²) in [5.74, 6) is 0. The molecule has 0 fully saturated rings. The van der Waals surface area contributed by atoms with Gasteiger partial charge in [-0.2, -0.15) is 0 Å². The zero-order valence-corrected chi connectivity index (χ0v) is 38.5. The van der Waals surface area contributed by atoms with E-state index in [0.717, 1.165) is 34.0 Å². The zero-order valence-electron chi connectivity index (χ0n) is 37.7. The summed E-state index contributed by atoms with van der Waals surface area (Å²) in [7, 11) is 0. The van der Waals surface area contributed by atoms with Crippen LogP contribution in [0.3, 0.4) is 0 Å². The van der Waals surface area contributed by atoms with Gasteiger partial charge in [0.2, 0.25) is 0 Å². The van der Waals surface area contributed by atoms with Crippen LogP contribution in [-0.4, -0.2) is 0 Å². The molecule has 0 atom stereocenters. The largest absolute Gasteiger partial charge is 0.310 e. The van der Waals surface area contributed by atoms with E-state index in [2.05, 4.69) is 277 Å². The van der Waals surface area contributed by atoms with Crippen LogP contribution >= 0.6 is 11.3 Å². The molecule has 0 bridgehead atoms. The lowest BCUT2D eigenvalue weighted by Crippen LogP contribution is -2.10. The van der Waals surface area contributed by atoms with Crippen molar-refractivity contribution in [2.45, 2.75) is 0 Å². The molecule has 0 N–H and O–H groups in total. The number of nitrogens with zero attached hydrogens (tertiary/aromatic N) is 2. The van der Waals surface area contributed by atoms with E-state index in [1.807, 2.05) is 11.3 Å². The minimum absolute atomic E-state index is 1.09. The Hall–Kier alpha value is -8.76. The third-order valence-electron chi connectivity index (χ3n) is 13.7. The number of rotatable bonds is 9. The quantitative estimate of drug-likeness (QED) is 0.142. The fraction of sp³-hybridized carbons (Fsp3) is 0. The minimum Gasteiger partial charge on any atom is -0.310 e. The summed E-state index contributed by atoms with van der Waals surface area (Å²) >= 11 is 1.87. The predicted molar refractivity (Wildman–Crippen MR) is 298 cm³/mol. The first-order valence-electron chi connectivity index (χ1n) is 23.6. The van der Waals surface area contributed by atoms with Gasteiger partial charge in [0.15, 0.2) is 0 Å². The molecule has 12 aromatic carbocycles. The Morgan fingerprint density at radius 2 is 0.681 bits per heavy atom. The van der Waals surface area contributed by atoms with Crippen molar-refractivity contribution >= 4 is 98.0 Å². The van der Waals surface area contributed by atoms with E-state index >= 15 is 0 Å². The third kappa shape index (κ3) is 7.20. The van der Waals surface area contributed by atoms with Crippen LogP contribution in [0.1, 0.15) is 0 Å². The van der Waals surface area contributed by atoms with Crippen LogP contribution in [0.25, 0.3) is 85.9 Å². The summed E-state index contributed by atoms with van der Waals surface area (Å²) in [5, 5.41) is 9.86. The van der Waals surface area contributed by atoms with Gasteiger partial charge in [-0.1, -0.05) is 206 Å². The first-order chi connectivity index (χ1) is 34.2. The topological polar surface area (TPSA) is 6.48 Å². The average Bonchev–Trinajstić information content (AvgIpc) is 3.81. The normalized spacial score (nSPS) is 11.5. The van der Waals surface area contributed by atoms with E-state index in [-0.39, 0.29) is 0 Å². The predicted octanol–water partition coefficient (Wildman–Crippen LogP) is 19.5. The van der Waals surface area contributed by atoms with Crippen LogP contribution in [0.15, 0.2) is 267 Å². The summed E-state index contributed by atoms with van der Waals surface area (Å²) in [6.07, 6.45) is 0. The highest BCUT2D eigenvalue weighted by Crippen LogP contribution is 2.48. The van der Waals surface area contributed by atoms with Gasteiger partial charge < -0.3 is 9.80 Å². The van der Waals surface area contributed by atoms with E-state index in [1.165, 1.54) is 86.0 Å². The van der Waals surface area contributed by atoms with Gasteiger partial charge >= 0.3 is 0 Å². The summed E-state index contributed by atoms with van der Waals surface area (Å²) in [6, 6.07) is 97.4. The SMILES string of the molecule is c1ccc(-c2ccc(N(c3ccc(-c4c(-c5ccc(N(c6cccc7ccccc67)c6cccc7c6sc6ccccc67)cc5)ccc5ccccc45)cc3)c3cccc4ccccc34)cc2)cc1. The second-order valence-corrected chi connectivity index (χ2v) is 18.7. The number of hydrogen-bond acceptors (Lipinski definition) is 3. The van der Waals surface area contributed by atoms with Crippen molar-refractivity contribution in [2.24, 2.45) is 0 Å². The molecule has 0 saturated carbocycles. The molecule has 2 nitrogen and oxygen atoms in total. The lowest BCUT2D eigenvalue weighted by molar-refractivity contribution is 1.30. The second-order valence-electron chi connectivity index (χ2n) is 17.6. The summed E-state index contributed by atoms with van der Waals surface area (Å²) in [6.45, 7) is 0. The van der Waals surface area contributed by atoms with E-state index in [9.17, 15) is 0 Å². The second kappa shape index (κ2) is 17.2. The zero-order chi connectivity index (χ0) is 45.7. The van der Waals surface area contributed by atoms with Crippen LogP contribution < -0.4 is 9.80 Å². The first kappa shape index (κ1) is 40.5. The fourth-order valence-electron chi connectivity index (χ4n) is 10.4. The molecule has 13 aromatic rings. The standard InChI is InChI=1S/C66H44N2S/c1-2-15-45(16-3-1)46-31-38-52(39-32-46)67(61-27-12-20-47-17-4-7-22-55(47)61)53-42-35-51(36-43-53)65-57-24-9-6-19-49(57)37-44-58(65)50-33-40-54(41-34-50)68(62-28-13-21-48-18-5-8-23-56(48)62)63-29-14-26-60-59-25-10-11-30-64(59)69-66(60)63/h1-44H. The number of hydrogen-bond donors (Lipinski definition) is 0. The molecule has 0 aliphatic carbocycles. The third-order valence-corrected chi connectivity index (χ3v) is 14.9. The monoisotopic (exact) mass is 896 g/mol. The van der Waals surface area contributed by atoms with Crippen LogP contribution in [0, 0.1) is 0 Å². The first-order valence-corrected chi connectivity index (χ1v) is 24.4. The lowest BCUT2D eigenvalue weighted by atomic mass is 9.89. The summed E-state index contributed by atoms with van der Waals surface area (Å²) in [5.41, 5.74) is 13.9. The van der Waals surface area contributed by atoms with Crippen molar-refractivity contribution in [3.05, 3.63) is 267 Å². The number of benzene rings is 12. The minimum atomic E-state index is 1.09. The Labute approximate surface area is 405 Å². The molecule has 13 rings (SSSR count). The molecule has 1 heterocycles. The van der Waals surface area contributed by atoms with Crippen LogP contribution in [0.4, 0.5) is 34.1 Å². The average molecular weight is 897 g/mol. The van der Waals surface area contributed by atoms with E-state index in [1.54, 1.807) is 0 Å². The van der Waals surface area contributed by atoms with Crippen molar-refractivity contribution in [1.82, 2.24) is 0 Å². The van der Waals surface area contributed by atoms with Gasteiger partial charge in [0.1, 0.15) is 0 Å². The van der Waals surface area contributed by atoms with Crippen molar-refractivity contribution in [2.75, 3.05) is 9.80 Å². The molecule has 0 radical (unpaired) electrons. The Kier molecular flexibility index (Phi) is 10.1. The maximum atomic E-state index is 2.46. The highest BCUT2D eigenvalue weighted by Gasteiger charge is 2.22. The van der Waals surface area contributed by atoms with E-state index in [0.29, 0.717) is 0 Å². The van der Waals surface area contributed by atoms with Crippen molar-refractivity contribution < 1.29 is 0 Å². The van der Waals surface area contributed by atoms with Crippen LogP contribution in [-0.2, 0) is 0 Å². The number of anilines is 6. The van der Waals surface area contributed by atoms with Gasteiger partial charge in [0, 0.05) is 43.3 Å². The Balaban J connectivity index is 0.929. The van der Waals surface area contributed by atoms with Gasteiger partial charge in [0.05, 0.1) is 21.8 Å². The molecule has 0 saturated heterocycles. The maximum absolute atomic E-state index is 2.46. The van der Waals surface area contributed by atoms with Gasteiger partial charge in [-0.05, 0) is 116 Å². The molecule has 3 heteroatoms. The molecular formula is C66H44N2S. The van der Waals surface area contributed by atoms with E-state index in [4.69, 9.17) is 0 Å². The molecule has 0 unspecified atom stereocenters. The maximum Gasteiger partial charge on any atom is 0.0640 e. The van der Waals surface area contributed by atoms with Crippen molar-refractivity contribution in [3.8, 4) is 33.4 Å². The van der Waals surface area contributed by atoms with Gasteiger partial charge in [-0.3, -0.25) is 0 Å². The van der Waals surface area contributed by atoms with Gasteiger partial charge in [-0.25, -0.2) is 0 Å². The van der Waals surface area contributed by atoms with Gasteiger partial charge in [0.25, 0.3) is 0 Å². The van der Waals surface area contributed by atoms with Gasteiger partial charge in [-0.15, -0.1) is 11.3 Å². The van der Waals surface area contributed by atoms with Crippen molar-refractivity contribution in [3.63, 3.8) is 0 Å². The fourth-order valence-corrected chi connectivity index (χ4v) is 11.6. The molecule has 0 aliphatic heterocycles. The van der Waals surface area contributed by atoms with Crippen LogP contribution in [0.2, 0.25) is 0 Å². The van der Waals surface area contributed by atoms with Crippen molar-refractivity contribution in [1.29, 1.82) is 0 Å². The number of fused-ring (bicyclic) bond motifs is 6. The van der Waals surface area contributed by atoms with Crippen LogP contribution in [0.5, 0.6) is 0 Å². The molecular weight excluding hydrogens is 853 g/mol. The summed E-state index contributed by atoms with van der Waals surface area (Å²) in [4.78, 5) is 4.85. The Bertz CT molecular complexity index is 3990. The molecule has 1 aromatic heterocycles. The highest BCUT2D eigenvalue weighted by atomic mass is 32.1. The molecule has 324 valence electrons. The molecule has 0 aliphatic rings. The lowest BCUT2D eigenvalue weighted by Gasteiger charge is -2.28. The Morgan fingerprint density at radius 3 is 1.33 bits per heavy atom. The Morgan fingerprint density at radius 1 is 0.246 bits per heavy atom. The van der Waals surface area contributed by atoms with E-state index < -0.39 is 0 Å². The molecule has 0 spiro atoms. The smallest absolute Gasteiger partial charge is 0.0640 e. The number of thiophene rings is 1.